The standard InChI is InChI=1S/C12H7ClF2N2O2/c13-6-1-7(14)3-9(2-6)17-11-10(12(18)19)4-8(15)5-16-11/h1-5H,(H,16,17)(H,18,19). The highest BCUT2D eigenvalue weighted by Gasteiger charge is 2.13. The Bertz CT molecular complexity index is 629. The number of aromatic carboxylic acids is 1. The molecule has 0 bridgehead atoms. The van der Waals surface area contributed by atoms with Crippen LogP contribution in [-0.2, 0) is 0 Å². The van der Waals surface area contributed by atoms with Crippen molar-refractivity contribution in [1.29, 1.82) is 0 Å². The Morgan fingerprint density at radius 3 is 2.58 bits per heavy atom. The third-order valence-corrected chi connectivity index (χ3v) is 2.43. The van der Waals surface area contributed by atoms with Gasteiger partial charge in [-0.1, -0.05) is 11.6 Å². The Kier molecular flexibility index (Phi) is 3.62. The fourth-order valence-corrected chi connectivity index (χ4v) is 1.69. The summed E-state index contributed by atoms with van der Waals surface area (Å²) < 4.78 is 26.1. The van der Waals surface area contributed by atoms with Crippen molar-refractivity contribution < 1.29 is 18.7 Å². The van der Waals surface area contributed by atoms with Crippen molar-refractivity contribution in [3.8, 4) is 0 Å². The summed E-state index contributed by atoms with van der Waals surface area (Å²) in [7, 11) is 0. The van der Waals surface area contributed by atoms with Crippen LogP contribution in [0.3, 0.4) is 0 Å². The zero-order valence-electron chi connectivity index (χ0n) is 9.32. The van der Waals surface area contributed by atoms with Crippen molar-refractivity contribution in [3.63, 3.8) is 0 Å². The van der Waals surface area contributed by atoms with Gasteiger partial charge < -0.3 is 10.4 Å². The van der Waals surface area contributed by atoms with Crippen LogP contribution in [0.25, 0.3) is 0 Å². The van der Waals surface area contributed by atoms with E-state index in [-0.39, 0.29) is 22.1 Å². The van der Waals surface area contributed by atoms with Gasteiger partial charge in [-0.15, -0.1) is 0 Å². The third-order valence-electron chi connectivity index (χ3n) is 2.21. The summed E-state index contributed by atoms with van der Waals surface area (Å²) in [6.45, 7) is 0. The van der Waals surface area contributed by atoms with Gasteiger partial charge in [-0.25, -0.2) is 18.6 Å². The van der Waals surface area contributed by atoms with Crippen LogP contribution in [0.2, 0.25) is 5.02 Å². The first-order chi connectivity index (χ1) is 8.95. The van der Waals surface area contributed by atoms with Gasteiger partial charge in [-0.05, 0) is 24.3 Å². The summed E-state index contributed by atoms with van der Waals surface area (Å²) in [5, 5.41) is 11.7. The molecule has 0 fully saturated rings. The fraction of sp³-hybridized carbons (Fsp3) is 0. The zero-order valence-corrected chi connectivity index (χ0v) is 10.1. The Morgan fingerprint density at radius 1 is 1.21 bits per heavy atom. The minimum Gasteiger partial charge on any atom is -0.478 e. The van der Waals surface area contributed by atoms with Gasteiger partial charge in [0.25, 0.3) is 0 Å². The van der Waals surface area contributed by atoms with Gasteiger partial charge in [0.1, 0.15) is 23.0 Å². The third kappa shape index (κ3) is 3.17. The maximum absolute atomic E-state index is 13.1. The normalized spacial score (nSPS) is 10.3. The minimum absolute atomic E-state index is 0.101. The van der Waals surface area contributed by atoms with Crippen molar-refractivity contribution in [2.45, 2.75) is 0 Å². The molecule has 19 heavy (non-hydrogen) atoms. The highest BCUT2D eigenvalue weighted by atomic mass is 35.5. The lowest BCUT2D eigenvalue weighted by atomic mass is 10.2. The van der Waals surface area contributed by atoms with Crippen molar-refractivity contribution in [3.05, 3.63) is 52.7 Å². The molecule has 0 atom stereocenters. The summed E-state index contributed by atoms with van der Waals surface area (Å²) in [5.74, 6) is -2.82. The van der Waals surface area contributed by atoms with Crippen LogP contribution in [0, 0.1) is 11.6 Å². The Labute approximate surface area is 111 Å². The molecule has 2 aromatic rings. The Morgan fingerprint density at radius 2 is 1.95 bits per heavy atom. The van der Waals surface area contributed by atoms with Crippen LogP contribution in [-0.4, -0.2) is 16.1 Å². The van der Waals surface area contributed by atoms with E-state index < -0.39 is 17.6 Å². The first kappa shape index (κ1) is 13.2. The van der Waals surface area contributed by atoms with E-state index in [9.17, 15) is 13.6 Å². The minimum atomic E-state index is -1.35. The summed E-state index contributed by atoms with van der Waals surface area (Å²) in [4.78, 5) is 14.6. The molecular formula is C12H7ClF2N2O2. The number of anilines is 2. The maximum Gasteiger partial charge on any atom is 0.339 e. The largest absolute Gasteiger partial charge is 0.478 e. The molecule has 0 unspecified atom stereocenters. The molecule has 4 nitrogen and oxygen atoms in total. The quantitative estimate of drug-likeness (QED) is 0.906. The van der Waals surface area contributed by atoms with E-state index in [1.165, 1.54) is 6.07 Å². The molecule has 0 aliphatic rings. The van der Waals surface area contributed by atoms with Crippen molar-refractivity contribution >= 4 is 29.1 Å². The van der Waals surface area contributed by atoms with Crippen LogP contribution in [0.5, 0.6) is 0 Å². The molecule has 7 heteroatoms. The van der Waals surface area contributed by atoms with Gasteiger partial charge >= 0.3 is 5.97 Å². The number of nitrogens with one attached hydrogen (secondary N) is 1. The molecule has 0 spiro atoms. The van der Waals surface area contributed by atoms with E-state index in [2.05, 4.69) is 10.3 Å². The maximum atomic E-state index is 13.1. The van der Waals surface area contributed by atoms with Gasteiger partial charge in [0.2, 0.25) is 0 Å². The number of carboxylic acid groups (broad SMARTS) is 1. The summed E-state index contributed by atoms with van der Waals surface area (Å²) in [5.41, 5.74) is -0.146. The van der Waals surface area contributed by atoms with Crippen LogP contribution in [0.1, 0.15) is 10.4 Å². The van der Waals surface area contributed by atoms with Gasteiger partial charge in [-0.3, -0.25) is 0 Å². The topological polar surface area (TPSA) is 62.2 Å². The summed E-state index contributed by atoms with van der Waals surface area (Å²) >= 11 is 5.67. The second kappa shape index (κ2) is 5.19. The fourth-order valence-electron chi connectivity index (χ4n) is 1.46. The zero-order chi connectivity index (χ0) is 14.0. The first-order valence-electron chi connectivity index (χ1n) is 5.07. The molecule has 1 aromatic carbocycles. The lowest BCUT2D eigenvalue weighted by Gasteiger charge is -2.09. The number of carboxylic acids is 1. The van der Waals surface area contributed by atoms with Gasteiger partial charge in [0.05, 0.1) is 6.20 Å². The second-order valence-electron chi connectivity index (χ2n) is 3.64. The highest BCUT2D eigenvalue weighted by molar-refractivity contribution is 6.30. The van der Waals surface area contributed by atoms with E-state index in [1.54, 1.807) is 0 Å². The molecule has 0 aliphatic carbocycles. The summed E-state index contributed by atoms with van der Waals surface area (Å²) in [6.07, 6.45) is 0.857. The molecule has 98 valence electrons. The van der Waals surface area contributed by atoms with E-state index in [0.717, 1.165) is 24.4 Å². The number of pyridine rings is 1. The number of halogens is 3. The van der Waals surface area contributed by atoms with Crippen LogP contribution in [0.4, 0.5) is 20.3 Å². The van der Waals surface area contributed by atoms with Crippen molar-refractivity contribution in [2.75, 3.05) is 5.32 Å². The molecule has 0 amide bonds. The lowest BCUT2D eigenvalue weighted by molar-refractivity contribution is 0.0697. The lowest BCUT2D eigenvalue weighted by Crippen LogP contribution is -2.05. The predicted molar refractivity (Wildman–Crippen MR) is 65.8 cm³/mol. The number of rotatable bonds is 3. The molecule has 1 aromatic heterocycles. The number of hydrogen-bond acceptors (Lipinski definition) is 3. The average molecular weight is 285 g/mol. The van der Waals surface area contributed by atoms with E-state index in [0.29, 0.717) is 0 Å². The second-order valence-corrected chi connectivity index (χ2v) is 4.07. The smallest absolute Gasteiger partial charge is 0.339 e. The van der Waals surface area contributed by atoms with E-state index >= 15 is 0 Å². The molecule has 2 rings (SSSR count). The van der Waals surface area contributed by atoms with Crippen molar-refractivity contribution in [1.82, 2.24) is 4.98 Å². The predicted octanol–water partition coefficient (Wildman–Crippen LogP) is 3.46. The van der Waals surface area contributed by atoms with Gasteiger partial charge in [-0.2, -0.15) is 0 Å². The number of hydrogen-bond donors (Lipinski definition) is 2. The van der Waals surface area contributed by atoms with E-state index in [4.69, 9.17) is 16.7 Å². The van der Waals surface area contributed by atoms with E-state index in [1.807, 2.05) is 0 Å². The molecule has 0 saturated heterocycles. The van der Waals surface area contributed by atoms with Crippen LogP contribution >= 0.6 is 11.6 Å². The number of nitrogens with zero attached hydrogens (tertiary/aromatic N) is 1. The number of benzene rings is 1. The monoisotopic (exact) mass is 284 g/mol. The SMILES string of the molecule is O=C(O)c1cc(F)cnc1Nc1cc(F)cc(Cl)c1. The number of carbonyl (C=O) groups is 1. The van der Waals surface area contributed by atoms with Crippen molar-refractivity contribution in [2.24, 2.45) is 0 Å². The summed E-state index contributed by atoms with van der Waals surface area (Å²) in [6, 6.07) is 4.42. The van der Waals surface area contributed by atoms with Gasteiger partial charge in [0.15, 0.2) is 0 Å². The molecular weight excluding hydrogens is 278 g/mol. The molecule has 0 aliphatic heterocycles. The molecule has 1 heterocycles. The van der Waals surface area contributed by atoms with Crippen LogP contribution < -0.4 is 5.32 Å². The molecule has 2 N–H and O–H groups in total. The van der Waals surface area contributed by atoms with Crippen LogP contribution in [0.15, 0.2) is 30.5 Å². The molecule has 0 saturated carbocycles. The Hall–Kier alpha value is -2.21. The number of aromatic nitrogens is 1. The highest BCUT2D eigenvalue weighted by Crippen LogP contribution is 2.23. The first-order valence-corrected chi connectivity index (χ1v) is 5.45. The molecule has 0 radical (unpaired) electrons. The Balaban J connectivity index is 2.40. The average Bonchev–Trinajstić information content (AvgIpc) is 2.30. The van der Waals surface area contributed by atoms with Gasteiger partial charge in [0, 0.05) is 10.7 Å².